The first-order valence-electron chi connectivity index (χ1n) is 5.52. The zero-order valence-corrected chi connectivity index (χ0v) is 11.3. The van der Waals surface area contributed by atoms with E-state index in [1.807, 2.05) is 0 Å². The van der Waals surface area contributed by atoms with Gasteiger partial charge in [-0.05, 0) is 13.1 Å². The van der Waals surface area contributed by atoms with Gasteiger partial charge in [0.2, 0.25) is 0 Å². The number of alkyl halides is 4. The summed E-state index contributed by atoms with van der Waals surface area (Å²) in [6, 6.07) is 0. The Morgan fingerprint density at radius 3 is 1.89 bits per heavy atom. The number of aliphatic hydroxyl groups is 1. The summed E-state index contributed by atoms with van der Waals surface area (Å²) in [6.45, 7) is 3.88. The molecule has 10 heteroatoms. The van der Waals surface area contributed by atoms with Crippen molar-refractivity contribution in [1.29, 1.82) is 0 Å². The Bertz CT molecular complexity index is 384. The first kappa shape index (κ1) is 18.6. The maximum Gasteiger partial charge on any atom is 0.431 e. The minimum absolute atomic E-state index is 0.301. The number of likely N-dealkylation sites (N-methyl/N-ethyl adjacent to an activating group) is 1. The van der Waals surface area contributed by atoms with Crippen molar-refractivity contribution >= 4 is 10.1 Å². The first-order valence-corrected chi connectivity index (χ1v) is 6.96. The van der Waals surface area contributed by atoms with Crippen molar-refractivity contribution in [3.8, 4) is 0 Å². The van der Waals surface area contributed by atoms with E-state index in [2.05, 4.69) is 0 Å². The Balaban J connectivity index is 4.87. The highest BCUT2D eigenvalue weighted by molar-refractivity contribution is 7.87. The predicted octanol–water partition coefficient (Wildman–Crippen LogP) is 1.20. The van der Waals surface area contributed by atoms with Gasteiger partial charge in [-0.1, -0.05) is 13.8 Å². The Morgan fingerprint density at radius 1 is 1.16 bits per heavy atom. The van der Waals surface area contributed by atoms with E-state index in [1.165, 1.54) is 4.90 Å². The average molecular weight is 311 g/mol. The summed E-state index contributed by atoms with van der Waals surface area (Å²) in [5.41, 5.74) is 0. The van der Waals surface area contributed by atoms with Gasteiger partial charge in [0.15, 0.2) is 0 Å². The minimum Gasteiger partial charge on any atom is -0.392 e. The normalized spacial score (nSPS) is 15.8. The van der Waals surface area contributed by atoms with Gasteiger partial charge in [0.05, 0.1) is 6.10 Å². The monoisotopic (exact) mass is 311 g/mol. The molecule has 0 spiro atoms. The smallest absolute Gasteiger partial charge is 0.392 e. The molecule has 0 radical (unpaired) electrons. The fourth-order valence-electron chi connectivity index (χ4n) is 1.45. The van der Waals surface area contributed by atoms with Crippen LogP contribution in [0.4, 0.5) is 17.6 Å². The number of halogens is 4. The number of rotatable bonds is 8. The van der Waals surface area contributed by atoms with E-state index in [-0.39, 0.29) is 6.54 Å². The minimum atomic E-state index is -6.25. The number of nitrogens with zero attached hydrogens (tertiary/aromatic N) is 1. The molecular formula is C9H17F4NO4S. The molecule has 1 atom stereocenters. The third-order valence-electron chi connectivity index (χ3n) is 2.61. The number of hydrogen-bond donors (Lipinski definition) is 2. The van der Waals surface area contributed by atoms with E-state index in [0.29, 0.717) is 13.1 Å². The summed E-state index contributed by atoms with van der Waals surface area (Å²) in [5.74, 6) is -5.06. The maximum absolute atomic E-state index is 13.1. The van der Waals surface area contributed by atoms with Crippen LogP contribution >= 0.6 is 0 Å². The summed E-state index contributed by atoms with van der Waals surface area (Å²) in [5, 5.41) is 3.68. The summed E-state index contributed by atoms with van der Waals surface area (Å²) < 4.78 is 80.6. The highest BCUT2D eigenvalue weighted by Gasteiger charge is 2.65. The topological polar surface area (TPSA) is 77.8 Å². The van der Waals surface area contributed by atoms with Gasteiger partial charge in [0.1, 0.15) is 0 Å². The van der Waals surface area contributed by atoms with E-state index in [4.69, 9.17) is 4.55 Å². The predicted molar refractivity (Wildman–Crippen MR) is 59.9 cm³/mol. The number of aliphatic hydroxyl groups excluding tert-OH is 1. The van der Waals surface area contributed by atoms with Crippen LogP contribution in [0.1, 0.15) is 20.3 Å². The lowest BCUT2D eigenvalue weighted by molar-refractivity contribution is -0.177. The van der Waals surface area contributed by atoms with Crippen LogP contribution in [-0.4, -0.2) is 59.9 Å². The fourth-order valence-corrected chi connectivity index (χ4v) is 1.91. The molecule has 0 aliphatic heterocycles. The Hall–Kier alpha value is -0.450. The van der Waals surface area contributed by atoms with Gasteiger partial charge < -0.3 is 10.0 Å². The molecule has 0 rings (SSSR count). The standard InChI is InChI=1S/C9H17F4NO4S/c1-3-14(4-2)6-7(15)5-8(10,11)9(12,13)19(16,17)18/h7,15H,3-6H2,1-2H3,(H,16,17,18). The lowest BCUT2D eigenvalue weighted by Crippen LogP contribution is -2.49. The SMILES string of the molecule is CCN(CC)CC(O)CC(F)(F)C(F)(F)S(=O)(=O)O. The van der Waals surface area contributed by atoms with Crippen LogP contribution in [0.3, 0.4) is 0 Å². The van der Waals surface area contributed by atoms with Crippen molar-refractivity contribution in [3.63, 3.8) is 0 Å². The molecular weight excluding hydrogens is 294 g/mol. The summed E-state index contributed by atoms with van der Waals surface area (Å²) >= 11 is 0. The molecule has 0 aromatic heterocycles. The van der Waals surface area contributed by atoms with E-state index in [0.717, 1.165) is 0 Å². The Morgan fingerprint density at radius 2 is 1.58 bits per heavy atom. The molecule has 0 heterocycles. The second-order valence-electron chi connectivity index (χ2n) is 4.04. The second-order valence-corrected chi connectivity index (χ2v) is 5.50. The molecule has 1 unspecified atom stereocenters. The van der Waals surface area contributed by atoms with Crippen molar-refractivity contribution in [1.82, 2.24) is 4.90 Å². The van der Waals surface area contributed by atoms with E-state index >= 15 is 0 Å². The molecule has 0 saturated heterocycles. The first-order chi connectivity index (χ1) is 8.39. The van der Waals surface area contributed by atoms with Gasteiger partial charge in [-0.15, -0.1) is 0 Å². The quantitative estimate of drug-likeness (QED) is 0.520. The Labute approximate surface area is 109 Å². The molecule has 0 saturated carbocycles. The van der Waals surface area contributed by atoms with Crippen LogP contribution in [0.2, 0.25) is 0 Å². The largest absolute Gasteiger partial charge is 0.431 e. The van der Waals surface area contributed by atoms with E-state index in [9.17, 15) is 31.1 Å². The molecule has 116 valence electrons. The molecule has 19 heavy (non-hydrogen) atoms. The fraction of sp³-hybridized carbons (Fsp3) is 1.00. The molecule has 0 aromatic carbocycles. The average Bonchev–Trinajstić information content (AvgIpc) is 2.23. The third-order valence-corrected chi connectivity index (χ3v) is 3.55. The highest BCUT2D eigenvalue weighted by Crippen LogP contribution is 2.41. The van der Waals surface area contributed by atoms with Crippen molar-refractivity contribution in [2.45, 2.75) is 37.5 Å². The third kappa shape index (κ3) is 4.55. The molecule has 0 amide bonds. The second kappa shape index (κ2) is 6.33. The van der Waals surface area contributed by atoms with Gasteiger partial charge >= 0.3 is 21.3 Å². The van der Waals surface area contributed by atoms with E-state index in [1.54, 1.807) is 13.8 Å². The molecule has 0 aliphatic rings. The van der Waals surface area contributed by atoms with E-state index < -0.39 is 33.8 Å². The molecule has 0 bridgehead atoms. The van der Waals surface area contributed by atoms with Crippen LogP contribution in [0.25, 0.3) is 0 Å². The molecule has 0 aliphatic carbocycles. The van der Waals surface area contributed by atoms with Crippen LogP contribution < -0.4 is 0 Å². The maximum atomic E-state index is 13.1. The molecule has 5 nitrogen and oxygen atoms in total. The summed E-state index contributed by atoms with van der Waals surface area (Å²) in [4.78, 5) is 1.51. The molecule has 0 fully saturated rings. The lowest BCUT2D eigenvalue weighted by Gasteiger charge is -2.28. The van der Waals surface area contributed by atoms with Gasteiger partial charge in [-0.2, -0.15) is 26.0 Å². The van der Waals surface area contributed by atoms with Crippen LogP contribution in [-0.2, 0) is 10.1 Å². The van der Waals surface area contributed by atoms with Crippen molar-refractivity contribution in [3.05, 3.63) is 0 Å². The highest BCUT2D eigenvalue weighted by atomic mass is 32.2. The van der Waals surface area contributed by atoms with Crippen LogP contribution in [0.5, 0.6) is 0 Å². The van der Waals surface area contributed by atoms with Gasteiger partial charge in [-0.3, -0.25) is 4.55 Å². The zero-order chi connectivity index (χ0) is 15.5. The van der Waals surface area contributed by atoms with Crippen LogP contribution in [0, 0.1) is 0 Å². The van der Waals surface area contributed by atoms with Gasteiger partial charge in [-0.25, -0.2) is 0 Å². The summed E-state index contributed by atoms with van der Waals surface area (Å²) in [7, 11) is -6.25. The summed E-state index contributed by atoms with van der Waals surface area (Å²) in [6.07, 6.45) is -3.61. The van der Waals surface area contributed by atoms with Crippen molar-refractivity contribution in [2.24, 2.45) is 0 Å². The Kier molecular flexibility index (Phi) is 6.18. The van der Waals surface area contributed by atoms with Crippen LogP contribution in [0.15, 0.2) is 0 Å². The zero-order valence-electron chi connectivity index (χ0n) is 10.5. The van der Waals surface area contributed by atoms with Crippen molar-refractivity contribution < 1.29 is 35.6 Å². The molecule has 2 N–H and O–H groups in total. The number of hydrogen-bond acceptors (Lipinski definition) is 4. The van der Waals surface area contributed by atoms with Gasteiger partial charge in [0, 0.05) is 13.0 Å². The lowest BCUT2D eigenvalue weighted by atomic mass is 10.1. The van der Waals surface area contributed by atoms with Crippen molar-refractivity contribution in [2.75, 3.05) is 19.6 Å². The van der Waals surface area contributed by atoms with Gasteiger partial charge in [0.25, 0.3) is 0 Å². The molecule has 0 aromatic rings.